The Morgan fingerprint density at radius 2 is 2.00 bits per heavy atom. The summed E-state index contributed by atoms with van der Waals surface area (Å²) in [7, 11) is 1.58. The average Bonchev–Trinajstić information content (AvgIpc) is 2.55. The van der Waals surface area contributed by atoms with E-state index in [-0.39, 0.29) is 11.7 Å². The SMILES string of the molecule is COCCOc1cnccc1Nc1cc(C(C)C)nc(C(C)(F)F)n1. The van der Waals surface area contributed by atoms with E-state index in [0.717, 1.165) is 6.92 Å². The Morgan fingerprint density at radius 3 is 2.64 bits per heavy atom. The number of alkyl halides is 2. The minimum atomic E-state index is -3.13. The highest BCUT2D eigenvalue weighted by Gasteiger charge is 2.29. The molecule has 1 N–H and O–H groups in total. The summed E-state index contributed by atoms with van der Waals surface area (Å²) in [5.74, 6) is -2.90. The number of methoxy groups -OCH3 is 1. The molecule has 2 aromatic heterocycles. The maximum absolute atomic E-state index is 13.7. The quantitative estimate of drug-likeness (QED) is 0.727. The third-order valence-electron chi connectivity index (χ3n) is 3.32. The lowest BCUT2D eigenvalue weighted by molar-refractivity contribution is 0.00757. The molecule has 0 aliphatic carbocycles. The van der Waals surface area contributed by atoms with Crippen LogP contribution in [0.5, 0.6) is 5.75 Å². The van der Waals surface area contributed by atoms with Crippen molar-refractivity contribution in [2.45, 2.75) is 32.6 Å². The van der Waals surface area contributed by atoms with E-state index < -0.39 is 11.7 Å². The van der Waals surface area contributed by atoms with Crippen molar-refractivity contribution < 1.29 is 18.3 Å². The van der Waals surface area contributed by atoms with Gasteiger partial charge in [-0.3, -0.25) is 4.98 Å². The fraction of sp³-hybridized carbons (Fsp3) is 0.471. The molecule has 0 saturated carbocycles. The van der Waals surface area contributed by atoms with Crippen molar-refractivity contribution in [1.29, 1.82) is 0 Å². The van der Waals surface area contributed by atoms with Gasteiger partial charge >= 0.3 is 5.92 Å². The van der Waals surface area contributed by atoms with Crippen LogP contribution in [-0.4, -0.2) is 35.3 Å². The zero-order valence-corrected chi connectivity index (χ0v) is 14.7. The van der Waals surface area contributed by atoms with E-state index in [1.165, 1.54) is 6.20 Å². The van der Waals surface area contributed by atoms with E-state index in [0.29, 0.717) is 30.3 Å². The third kappa shape index (κ3) is 5.32. The molecule has 25 heavy (non-hydrogen) atoms. The van der Waals surface area contributed by atoms with E-state index in [4.69, 9.17) is 9.47 Å². The molecule has 0 aliphatic rings. The summed E-state index contributed by atoms with van der Waals surface area (Å²) in [6.45, 7) is 5.31. The summed E-state index contributed by atoms with van der Waals surface area (Å²) in [5, 5.41) is 3.02. The summed E-state index contributed by atoms with van der Waals surface area (Å²) in [5.41, 5.74) is 1.11. The molecule has 0 unspecified atom stereocenters. The third-order valence-corrected chi connectivity index (χ3v) is 3.32. The second-order valence-corrected chi connectivity index (χ2v) is 5.88. The number of nitrogens with zero attached hydrogens (tertiary/aromatic N) is 3. The van der Waals surface area contributed by atoms with Crippen LogP contribution in [0.25, 0.3) is 0 Å². The Bertz CT molecular complexity index is 705. The molecule has 0 aliphatic heterocycles. The van der Waals surface area contributed by atoms with Crippen molar-refractivity contribution in [1.82, 2.24) is 15.0 Å². The van der Waals surface area contributed by atoms with Gasteiger partial charge in [0.25, 0.3) is 0 Å². The van der Waals surface area contributed by atoms with Crippen LogP contribution >= 0.6 is 0 Å². The Balaban J connectivity index is 2.32. The van der Waals surface area contributed by atoms with Gasteiger partial charge in [0.2, 0.25) is 5.82 Å². The van der Waals surface area contributed by atoms with Crippen LogP contribution in [0.2, 0.25) is 0 Å². The first-order valence-corrected chi connectivity index (χ1v) is 7.91. The van der Waals surface area contributed by atoms with Gasteiger partial charge in [-0.15, -0.1) is 0 Å². The lowest BCUT2D eigenvalue weighted by Gasteiger charge is -2.16. The molecule has 0 saturated heterocycles. The predicted molar refractivity (Wildman–Crippen MR) is 90.6 cm³/mol. The van der Waals surface area contributed by atoms with Crippen LogP contribution in [0.4, 0.5) is 20.3 Å². The Morgan fingerprint density at radius 1 is 1.24 bits per heavy atom. The van der Waals surface area contributed by atoms with E-state index >= 15 is 0 Å². The maximum atomic E-state index is 13.7. The van der Waals surface area contributed by atoms with Crippen molar-refractivity contribution in [2.75, 3.05) is 25.6 Å². The van der Waals surface area contributed by atoms with E-state index in [2.05, 4.69) is 20.3 Å². The van der Waals surface area contributed by atoms with Crippen LogP contribution < -0.4 is 10.1 Å². The highest BCUT2D eigenvalue weighted by Crippen LogP contribution is 2.30. The lowest BCUT2D eigenvalue weighted by Crippen LogP contribution is -2.16. The van der Waals surface area contributed by atoms with Crippen molar-refractivity contribution in [3.8, 4) is 5.75 Å². The number of hydrogen-bond acceptors (Lipinski definition) is 6. The smallest absolute Gasteiger partial charge is 0.303 e. The second kappa shape index (κ2) is 8.15. The van der Waals surface area contributed by atoms with Gasteiger partial charge in [0.05, 0.1) is 18.5 Å². The number of nitrogens with one attached hydrogen (secondary N) is 1. The molecule has 2 aromatic rings. The van der Waals surface area contributed by atoms with Gasteiger partial charge in [-0.25, -0.2) is 9.97 Å². The molecule has 0 fully saturated rings. The molecule has 0 spiro atoms. The number of anilines is 2. The fourth-order valence-electron chi connectivity index (χ4n) is 1.99. The maximum Gasteiger partial charge on any atom is 0.303 e. The molecule has 0 radical (unpaired) electrons. The van der Waals surface area contributed by atoms with Gasteiger partial charge in [-0.05, 0) is 12.0 Å². The molecule has 0 atom stereocenters. The van der Waals surface area contributed by atoms with Gasteiger partial charge < -0.3 is 14.8 Å². The molecule has 8 heteroatoms. The Hall–Kier alpha value is -2.35. The average molecular weight is 352 g/mol. The van der Waals surface area contributed by atoms with Crippen molar-refractivity contribution in [3.63, 3.8) is 0 Å². The second-order valence-electron chi connectivity index (χ2n) is 5.88. The van der Waals surface area contributed by atoms with Gasteiger partial charge in [0.1, 0.15) is 12.4 Å². The van der Waals surface area contributed by atoms with E-state index in [9.17, 15) is 8.78 Å². The van der Waals surface area contributed by atoms with E-state index in [1.54, 1.807) is 25.4 Å². The molecule has 2 rings (SSSR count). The molecular formula is C17H22F2N4O2. The summed E-state index contributed by atoms with van der Waals surface area (Å²) in [6, 6.07) is 3.34. The van der Waals surface area contributed by atoms with Crippen LogP contribution in [0, 0.1) is 0 Å². The van der Waals surface area contributed by atoms with Crippen LogP contribution in [0.15, 0.2) is 24.5 Å². The van der Waals surface area contributed by atoms with E-state index in [1.807, 2.05) is 13.8 Å². The summed E-state index contributed by atoms with van der Waals surface area (Å²) in [4.78, 5) is 11.9. The summed E-state index contributed by atoms with van der Waals surface area (Å²) < 4.78 is 37.9. The number of halogens is 2. The van der Waals surface area contributed by atoms with Gasteiger partial charge in [-0.2, -0.15) is 8.78 Å². The van der Waals surface area contributed by atoms with Crippen molar-refractivity contribution in [2.24, 2.45) is 0 Å². The first-order chi connectivity index (χ1) is 11.8. The molecule has 6 nitrogen and oxygen atoms in total. The number of ether oxygens (including phenoxy) is 2. The molecule has 0 bridgehead atoms. The van der Waals surface area contributed by atoms with Crippen molar-refractivity contribution in [3.05, 3.63) is 36.0 Å². The first-order valence-electron chi connectivity index (χ1n) is 7.91. The standard InChI is InChI=1S/C17H22F2N4O2/c1-11(2)13-9-15(23-16(22-13)17(3,18)19)21-12-5-6-20-10-14(12)25-8-7-24-4/h5-6,9-11H,7-8H2,1-4H3,(H,20,21,22,23). The minimum absolute atomic E-state index is 0.0143. The van der Waals surface area contributed by atoms with Gasteiger partial charge in [-0.1, -0.05) is 13.8 Å². The van der Waals surface area contributed by atoms with Crippen molar-refractivity contribution >= 4 is 11.5 Å². The first kappa shape index (κ1) is 19.0. The summed E-state index contributed by atoms with van der Waals surface area (Å²) >= 11 is 0. The number of rotatable bonds is 8. The minimum Gasteiger partial charge on any atom is -0.487 e. The molecule has 2 heterocycles. The predicted octanol–water partition coefficient (Wildman–Crippen LogP) is 3.88. The molecular weight excluding hydrogens is 330 g/mol. The van der Waals surface area contributed by atoms with Gasteiger partial charge in [0.15, 0.2) is 5.75 Å². The highest BCUT2D eigenvalue weighted by molar-refractivity contribution is 5.63. The largest absolute Gasteiger partial charge is 0.487 e. The normalized spacial score (nSPS) is 11.6. The monoisotopic (exact) mass is 352 g/mol. The number of aromatic nitrogens is 3. The zero-order valence-electron chi connectivity index (χ0n) is 14.7. The molecule has 0 amide bonds. The van der Waals surface area contributed by atoms with Crippen LogP contribution in [-0.2, 0) is 10.7 Å². The topological polar surface area (TPSA) is 69.2 Å². The highest BCUT2D eigenvalue weighted by atomic mass is 19.3. The lowest BCUT2D eigenvalue weighted by atomic mass is 10.1. The van der Waals surface area contributed by atoms with Crippen LogP contribution in [0.3, 0.4) is 0 Å². The van der Waals surface area contributed by atoms with Gasteiger partial charge in [0, 0.05) is 32.0 Å². The Labute approximate surface area is 145 Å². The number of pyridine rings is 1. The summed E-state index contributed by atoms with van der Waals surface area (Å²) in [6.07, 6.45) is 3.11. The molecule has 136 valence electrons. The van der Waals surface area contributed by atoms with Crippen LogP contribution in [0.1, 0.15) is 38.2 Å². The number of hydrogen-bond donors (Lipinski definition) is 1. The molecule has 0 aromatic carbocycles. The Kier molecular flexibility index (Phi) is 6.19. The zero-order chi connectivity index (χ0) is 18.4. The fourth-order valence-corrected chi connectivity index (χ4v) is 1.99.